The van der Waals surface area contributed by atoms with E-state index in [4.69, 9.17) is 5.14 Å². The number of rotatable bonds is 3. The van der Waals surface area contributed by atoms with E-state index in [0.717, 1.165) is 19.5 Å². The molecule has 0 bridgehead atoms. The van der Waals surface area contributed by atoms with Crippen LogP contribution in [0, 0.1) is 6.92 Å². The largest absolute Gasteiger partial charge is 0.337 e. The molecule has 1 aliphatic heterocycles. The fourth-order valence-electron chi connectivity index (χ4n) is 2.50. The Kier molecular flexibility index (Phi) is 4.72. The van der Waals surface area contributed by atoms with Gasteiger partial charge in [-0.15, -0.1) is 0 Å². The van der Waals surface area contributed by atoms with Crippen LogP contribution in [-0.4, -0.2) is 45.4 Å². The predicted molar refractivity (Wildman–Crippen MR) is 83.6 cm³/mol. The quantitative estimate of drug-likeness (QED) is 0.818. The Hall–Kier alpha value is -0.960. The Bertz CT molecular complexity index is 669. The van der Waals surface area contributed by atoms with Gasteiger partial charge in [-0.25, -0.2) is 13.6 Å². The number of halogens is 1. The van der Waals surface area contributed by atoms with E-state index in [1.165, 1.54) is 6.07 Å². The Labute approximate surface area is 132 Å². The summed E-state index contributed by atoms with van der Waals surface area (Å²) in [6, 6.07) is 3.16. The van der Waals surface area contributed by atoms with Crippen LogP contribution in [0.5, 0.6) is 0 Å². The first-order chi connectivity index (χ1) is 9.71. The van der Waals surface area contributed by atoms with E-state index in [2.05, 4.69) is 21.2 Å². The monoisotopic (exact) mass is 375 g/mol. The molecule has 21 heavy (non-hydrogen) atoms. The average molecular weight is 376 g/mol. The maximum absolute atomic E-state index is 12.6. The molecule has 2 rings (SSSR count). The summed E-state index contributed by atoms with van der Waals surface area (Å²) in [5.41, 5.74) is 0.728. The standard InChI is InChI=1S/C13H18BrN3O3S/c1-8-11(5-9(14)6-12(8)21(15,19)20)13(18)17(2)10-3-4-16-7-10/h5-6,10,16H,3-4,7H2,1-2H3,(H2,15,19,20)/t10-/m0/s1. The molecule has 0 radical (unpaired) electrons. The second-order valence-corrected chi connectivity index (χ2v) is 7.63. The van der Waals surface area contributed by atoms with Crippen molar-refractivity contribution in [3.8, 4) is 0 Å². The molecule has 6 nitrogen and oxygen atoms in total. The second kappa shape index (κ2) is 6.04. The first-order valence-electron chi connectivity index (χ1n) is 6.52. The summed E-state index contributed by atoms with van der Waals surface area (Å²) in [4.78, 5) is 14.3. The maximum Gasteiger partial charge on any atom is 0.254 e. The Balaban J connectivity index is 2.44. The molecule has 3 N–H and O–H groups in total. The normalized spacial score (nSPS) is 18.8. The summed E-state index contributed by atoms with van der Waals surface area (Å²) in [5.74, 6) is -0.201. The van der Waals surface area contributed by atoms with Gasteiger partial charge in [-0.2, -0.15) is 0 Å². The van der Waals surface area contributed by atoms with Crippen LogP contribution in [0.25, 0.3) is 0 Å². The summed E-state index contributed by atoms with van der Waals surface area (Å²) in [5, 5.41) is 8.41. The fourth-order valence-corrected chi connectivity index (χ4v) is 3.93. The molecule has 1 aromatic rings. The highest BCUT2D eigenvalue weighted by molar-refractivity contribution is 9.10. The minimum atomic E-state index is -3.87. The van der Waals surface area contributed by atoms with Gasteiger partial charge in [-0.1, -0.05) is 15.9 Å². The highest BCUT2D eigenvalue weighted by Gasteiger charge is 2.27. The molecule has 0 unspecified atom stereocenters. The van der Waals surface area contributed by atoms with E-state index in [1.54, 1.807) is 24.9 Å². The highest BCUT2D eigenvalue weighted by Crippen LogP contribution is 2.25. The predicted octanol–water partition coefficient (Wildman–Crippen LogP) is 0.839. The van der Waals surface area contributed by atoms with Gasteiger partial charge in [-0.05, 0) is 37.6 Å². The lowest BCUT2D eigenvalue weighted by Crippen LogP contribution is -2.38. The van der Waals surface area contributed by atoms with Crippen molar-refractivity contribution in [3.05, 3.63) is 27.7 Å². The zero-order chi connectivity index (χ0) is 15.8. The van der Waals surface area contributed by atoms with Gasteiger partial charge in [0.05, 0.1) is 4.90 Å². The number of likely N-dealkylation sites (N-methyl/N-ethyl adjacent to an activating group) is 1. The minimum absolute atomic E-state index is 0.0295. The lowest BCUT2D eigenvalue weighted by molar-refractivity contribution is 0.0742. The molecule has 0 aromatic heterocycles. The molecule has 1 fully saturated rings. The molecular formula is C13H18BrN3O3S. The SMILES string of the molecule is Cc1c(C(=O)N(C)[C@H]2CCNC2)cc(Br)cc1S(N)(=O)=O. The third kappa shape index (κ3) is 3.45. The van der Waals surface area contributed by atoms with Crippen molar-refractivity contribution in [1.29, 1.82) is 0 Å². The molecule has 1 heterocycles. The number of sulfonamides is 1. The number of hydrogen-bond acceptors (Lipinski definition) is 4. The summed E-state index contributed by atoms with van der Waals surface area (Å²) >= 11 is 3.24. The van der Waals surface area contributed by atoms with Crippen LogP contribution in [0.3, 0.4) is 0 Å². The van der Waals surface area contributed by atoms with Crippen LogP contribution in [0.4, 0.5) is 0 Å². The van der Waals surface area contributed by atoms with Crippen molar-refractivity contribution < 1.29 is 13.2 Å². The van der Waals surface area contributed by atoms with Gasteiger partial charge in [-0.3, -0.25) is 4.79 Å². The Morgan fingerprint density at radius 3 is 2.67 bits per heavy atom. The van der Waals surface area contributed by atoms with Gasteiger partial charge in [0.2, 0.25) is 10.0 Å². The summed E-state index contributed by atoms with van der Waals surface area (Å²) in [6.07, 6.45) is 0.886. The van der Waals surface area contributed by atoms with Crippen LogP contribution in [0.15, 0.2) is 21.5 Å². The molecule has 1 aliphatic rings. The van der Waals surface area contributed by atoms with Crippen molar-refractivity contribution in [2.45, 2.75) is 24.3 Å². The minimum Gasteiger partial charge on any atom is -0.337 e. The van der Waals surface area contributed by atoms with E-state index in [1.807, 2.05) is 0 Å². The molecule has 8 heteroatoms. The number of amides is 1. The van der Waals surface area contributed by atoms with E-state index in [9.17, 15) is 13.2 Å². The van der Waals surface area contributed by atoms with E-state index in [-0.39, 0.29) is 16.8 Å². The third-order valence-electron chi connectivity index (χ3n) is 3.76. The van der Waals surface area contributed by atoms with Crippen LogP contribution < -0.4 is 10.5 Å². The van der Waals surface area contributed by atoms with Gasteiger partial charge < -0.3 is 10.2 Å². The average Bonchev–Trinajstić information content (AvgIpc) is 2.92. The number of hydrogen-bond donors (Lipinski definition) is 2. The topological polar surface area (TPSA) is 92.5 Å². The molecule has 1 atom stereocenters. The van der Waals surface area contributed by atoms with Crippen molar-refractivity contribution in [3.63, 3.8) is 0 Å². The first kappa shape index (κ1) is 16.4. The van der Waals surface area contributed by atoms with Crippen LogP contribution >= 0.6 is 15.9 Å². The molecule has 1 saturated heterocycles. The summed E-state index contributed by atoms with van der Waals surface area (Å²) < 4.78 is 23.8. The molecular weight excluding hydrogens is 358 g/mol. The van der Waals surface area contributed by atoms with Crippen LogP contribution in [-0.2, 0) is 10.0 Å². The van der Waals surface area contributed by atoms with E-state index in [0.29, 0.717) is 15.6 Å². The Morgan fingerprint density at radius 2 is 2.14 bits per heavy atom. The molecule has 0 spiro atoms. The van der Waals surface area contributed by atoms with Crippen LogP contribution in [0.2, 0.25) is 0 Å². The number of carbonyl (C=O) groups excluding carboxylic acids is 1. The van der Waals surface area contributed by atoms with Gasteiger partial charge in [0.15, 0.2) is 0 Å². The zero-order valence-corrected chi connectivity index (χ0v) is 14.3. The van der Waals surface area contributed by atoms with E-state index < -0.39 is 10.0 Å². The Morgan fingerprint density at radius 1 is 1.48 bits per heavy atom. The number of primary sulfonamides is 1. The van der Waals surface area contributed by atoms with Gasteiger partial charge in [0.1, 0.15) is 0 Å². The molecule has 0 aliphatic carbocycles. The number of nitrogens with zero attached hydrogens (tertiary/aromatic N) is 1. The summed E-state index contributed by atoms with van der Waals surface area (Å²) in [6.45, 7) is 3.22. The molecule has 1 amide bonds. The second-order valence-electron chi connectivity index (χ2n) is 5.18. The first-order valence-corrected chi connectivity index (χ1v) is 8.86. The van der Waals surface area contributed by atoms with Crippen molar-refractivity contribution >= 4 is 31.9 Å². The van der Waals surface area contributed by atoms with Crippen molar-refractivity contribution in [2.75, 3.05) is 20.1 Å². The van der Waals surface area contributed by atoms with Crippen LogP contribution in [0.1, 0.15) is 22.3 Å². The van der Waals surface area contributed by atoms with Gasteiger partial charge >= 0.3 is 0 Å². The smallest absolute Gasteiger partial charge is 0.254 e. The number of carbonyl (C=O) groups is 1. The highest BCUT2D eigenvalue weighted by atomic mass is 79.9. The fraction of sp³-hybridized carbons (Fsp3) is 0.462. The molecule has 116 valence electrons. The lowest BCUT2D eigenvalue weighted by Gasteiger charge is -2.25. The lowest BCUT2D eigenvalue weighted by atomic mass is 10.1. The maximum atomic E-state index is 12.6. The van der Waals surface area contributed by atoms with Crippen molar-refractivity contribution in [1.82, 2.24) is 10.2 Å². The van der Waals surface area contributed by atoms with Crippen molar-refractivity contribution in [2.24, 2.45) is 5.14 Å². The zero-order valence-electron chi connectivity index (χ0n) is 11.9. The molecule has 0 saturated carbocycles. The van der Waals surface area contributed by atoms with E-state index >= 15 is 0 Å². The van der Waals surface area contributed by atoms with Gasteiger partial charge in [0, 0.05) is 29.7 Å². The number of nitrogens with one attached hydrogen (secondary N) is 1. The summed E-state index contributed by atoms with van der Waals surface area (Å²) in [7, 11) is -2.14. The third-order valence-corrected chi connectivity index (χ3v) is 5.26. The van der Waals surface area contributed by atoms with Gasteiger partial charge in [0.25, 0.3) is 5.91 Å². The number of benzene rings is 1. The number of nitrogens with two attached hydrogens (primary N) is 1. The molecule has 1 aromatic carbocycles.